The van der Waals surface area contributed by atoms with Crippen LogP contribution in [0, 0.1) is 12.8 Å². The molecule has 0 radical (unpaired) electrons. The fourth-order valence-corrected chi connectivity index (χ4v) is 3.65. The zero-order valence-corrected chi connectivity index (χ0v) is 13.0. The summed E-state index contributed by atoms with van der Waals surface area (Å²) < 4.78 is 0. The highest BCUT2D eigenvalue weighted by Gasteiger charge is 2.41. The van der Waals surface area contributed by atoms with Crippen LogP contribution in [0.5, 0.6) is 0 Å². The van der Waals surface area contributed by atoms with Crippen LogP contribution in [-0.4, -0.2) is 31.6 Å². The smallest absolute Gasteiger partial charge is 0.225 e. The molecule has 2 N–H and O–H groups in total. The van der Waals surface area contributed by atoms with Crippen LogP contribution in [0.25, 0.3) is 0 Å². The Bertz CT molecular complexity index is 529. The van der Waals surface area contributed by atoms with Gasteiger partial charge in [0.15, 0.2) is 0 Å². The molecule has 2 saturated heterocycles. The first-order valence-electron chi connectivity index (χ1n) is 8.05. The summed E-state index contributed by atoms with van der Waals surface area (Å²) in [7, 11) is 0. The number of amides is 1. The third-order valence-corrected chi connectivity index (χ3v) is 4.71. The Morgan fingerprint density at radius 2 is 2.29 bits per heavy atom. The Morgan fingerprint density at radius 1 is 1.43 bits per heavy atom. The number of hydrogen-bond donors (Lipinski definition) is 2. The van der Waals surface area contributed by atoms with E-state index in [0.717, 1.165) is 39.0 Å². The standard InChI is InChI=1S/C17H25N3O/c1-3-18-10-13-9-12(2)6-7-15(13)20-8-4-5-14-16(20)11-19-17(14)21/h6-7,9,14,16,18H,3-5,8,10-11H2,1-2H3,(H,19,21). The number of rotatable bonds is 4. The minimum atomic E-state index is 0.173. The van der Waals surface area contributed by atoms with Gasteiger partial charge in [0.2, 0.25) is 5.91 Å². The molecule has 114 valence electrons. The molecule has 2 aliphatic rings. The lowest BCUT2D eigenvalue weighted by Crippen LogP contribution is -2.46. The van der Waals surface area contributed by atoms with Crippen LogP contribution in [0.1, 0.15) is 30.9 Å². The SMILES string of the molecule is CCNCc1cc(C)ccc1N1CCCC2C(=O)NCC21. The van der Waals surface area contributed by atoms with E-state index in [9.17, 15) is 4.79 Å². The van der Waals surface area contributed by atoms with Gasteiger partial charge in [-0.2, -0.15) is 0 Å². The number of fused-ring (bicyclic) bond motifs is 1. The van der Waals surface area contributed by atoms with E-state index in [4.69, 9.17) is 0 Å². The third-order valence-electron chi connectivity index (χ3n) is 4.71. The number of anilines is 1. The molecule has 2 heterocycles. The normalized spacial score (nSPS) is 24.9. The van der Waals surface area contributed by atoms with Crippen molar-refractivity contribution in [2.45, 2.75) is 39.3 Å². The summed E-state index contributed by atoms with van der Waals surface area (Å²) in [6, 6.07) is 7.01. The number of aryl methyl sites for hydroxylation is 1. The average molecular weight is 287 g/mol. The molecular weight excluding hydrogens is 262 g/mol. The van der Waals surface area contributed by atoms with Crippen LogP contribution in [0.4, 0.5) is 5.69 Å². The maximum absolute atomic E-state index is 11.9. The summed E-state index contributed by atoms with van der Waals surface area (Å²) in [5.74, 6) is 0.414. The van der Waals surface area contributed by atoms with E-state index < -0.39 is 0 Å². The predicted octanol–water partition coefficient (Wildman–Crippen LogP) is 1.82. The van der Waals surface area contributed by atoms with Crippen LogP contribution in [0.3, 0.4) is 0 Å². The summed E-state index contributed by atoms with van der Waals surface area (Å²) in [6.45, 7) is 7.98. The van der Waals surface area contributed by atoms with Gasteiger partial charge in [-0.3, -0.25) is 4.79 Å². The maximum Gasteiger partial charge on any atom is 0.225 e. The lowest BCUT2D eigenvalue weighted by Gasteiger charge is -2.39. The zero-order valence-electron chi connectivity index (χ0n) is 13.0. The maximum atomic E-state index is 11.9. The van der Waals surface area contributed by atoms with Gasteiger partial charge in [0.05, 0.1) is 12.0 Å². The number of piperidine rings is 1. The van der Waals surface area contributed by atoms with E-state index >= 15 is 0 Å². The summed E-state index contributed by atoms with van der Waals surface area (Å²) >= 11 is 0. The van der Waals surface area contributed by atoms with Gasteiger partial charge >= 0.3 is 0 Å². The van der Waals surface area contributed by atoms with Crippen molar-refractivity contribution in [2.24, 2.45) is 5.92 Å². The Labute approximate surface area is 126 Å². The van der Waals surface area contributed by atoms with E-state index in [1.807, 2.05) is 0 Å². The average Bonchev–Trinajstić information content (AvgIpc) is 2.87. The highest BCUT2D eigenvalue weighted by Crippen LogP contribution is 2.33. The molecule has 0 bridgehead atoms. The Hall–Kier alpha value is -1.55. The van der Waals surface area contributed by atoms with Crippen molar-refractivity contribution in [1.29, 1.82) is 0 Å². The lowest BCUT2D eigenvalue weighted by atomic mass is 9.90. The molecule has 0 aromatic heterocycles. The second-order valence-corrected chi connectivity index (χ2v) is 6.17. The quantitative estimate of drug-likeness (QED) is 0.888. The molecule has 4 nitrogen and oxygen atoms in total. The second kappa shape index (κ2) is 6.06. The first-order chi connectivity index (χ1) is 10.2. The Morgan fingerprint density at radius 3 is 3.10 bits per heavy atom. The van der Waals surface area contributed by atoms with Crippen LogP contribution >= 0.6 is 0 Å². The van der Waals surface area contributed by atoms with Crippen molar-refractivity contribution in [1.82, 2.24) is 10.6 Å². The molecule has 1 amide bonds. The number of nitrogens with one attached hydrogen (secondary N) is 2. The summed E-state index contributed by atoms with van der Waals surface area (Å²) in [4.78, 5) is 14.4. The molecule has 2 unspecified atom stereocenters. The van der Waals surface area contributed by atoms with Gasteiger partial charge in [-0.15, -0.1) is 0 Å². The largest absolute Gasteiger partial charge is 0.366 e. The molecule has 0 saturated carbocycles. The van der Waals surface area contributed by atoms with Gasteiger partial charge in [-0.05, 0) is 37.9 Å². The lowest BCUT2D eigenvalue weighted by molar-refractivity contribution is -0.122. The van der Waals surface area contributed by atoms with Gasteiger partial charge in [0.25, 0.3) is 0 Å². The fourth-order valence-electron chi connectivity index (χ4n) is 3.65. The third kappa shape index (κ3) is 2.77. The van der Waals surface area contributed by atoms with Crippen LogP contribution in [0.2, 0.25) is 0 Å². The van der Waals surface area contributed by atoms with E-state index in [0.29, 0.717) is 6.04 Å². The number of carbonyl (C=O) groups excluding carboxylic acids is 1. The fraction of sp³-hybridized carbons (Fsp3) is 0.588. The molecule has 2 aliphatic heterocycles. The molecule has 2 fully saturated rings. The topological polar surface area (TPSA) is 44.4 Å². The van der Waals surface area contributed by atoms with Crippen molar-refractivity contribution in [3.8, 4) is 0 Å². The van der Waals surface area contributed by atoms with E-state index in [2.05, 4.69) is 47.6 Å². The monoisotopic (exact) mass is 287 g/mol. The molecule has 21 heavy (non-hydrogen) atoms. The number of benzene rings is 1. The van der Waals surface area contributed by atoms with Crippen molar-refractivity contribution in [2.75, 3.05) is 24.5 Å². The first-order valence-corrected chi connectivity index (χ1v) is 8.05. The van der Waals surface area contributed by atoms with E-state index in [-0.39, 0.29) is 11.8 Å². The molecule has 3 rings (SSSR count). The molecule has 0 spiro atoms. The first kappa shape index (κ1) is 14.4. The summed E-state index contributed by atoms with van der Waals surface area (Å²) in [5, 5.41) is 6.47. The van der Waals surface area contributed by atoms with Gasteiger partial charge < -0.3 is 15.5 Å². The van der Waals surface area contributed by atoms with Crippen molar-refractivity contribution in [3.05, 3.63) is 29.3 Å². The van der Waals surface area contributed by atoms with E-state index in [1.54, 1.807) is 0 Å². The molecule has 0 aliphatic carbocycles. The molecule has 4 heteroatoms. The molecule has 1 aromatic rings. The van der Waals surface area contributed by atoms with Gasteiger partial charge in [-0.25, -0.2) is 0 Å². The zero-order chi connectivity index (χ0) is 14.8. The van der Waals surface area contributed by atoms with Gasteiger partial charge in [-0.1, -0.05) is 24.6 Å². The van der Waals surface area contributed by atoms with Gasteiger partial charge in [0, 0.05) is 25.3 Å². The van der Waals surface area contributed by atoms with Crippen LogP contribution < -0.4 is 15.5 Å². The molecule has 1 aromatic carbocycles. The summed E-state index contributed by atoms with van der Waals surface area (Å²) in [6.07, 6.45) is 2.13. The van der Waals surface area contributed by atoms with E-state index in [1.165, 1.54) is 16.8 Å². The van der Waals surface area contributed by atoms with Crippen molar-refractivity contribution < 1.29 is 4.79 Å². The number of carbonyl (C=O) groups is 1. The highest BCUT2D eigenvalue weighted by molar-refractivity contribution is 5.83. The minimum Gasteiger partial charge on any atom is -0.366 e. The second-order valence-electron chi connectivity index (χ2n) is 6.17. The predicted molar refractivity (Wildman–Crippen MR) is 85.4 cm³/mol. The summed E-state index contributed by atoms with van der Waals surface area (Å²) in [5.41, 5.74) is 3.94. The van der Waals surface area contributed by atoms with Crippen molar-refractivity contribution in [3.63, 3.8) is 0 Å². The highest BCUT2D eigenvalue weighted by atomic mass is 16.2. The van der Waals surface area contributed by atoms with Gasteiger partial charge in [0.1, 0.15) is 0 Å². The molecule has 2 atom stereocenters. The van der Waals surface area contributed by atoms with Crippen LogP contribution in [-0.2, 0) is 11.3 Å². The number of hydrogen-bond acceptors (Lipinski definition) is 3. The van der Waals surface area contributed by atoms with Crippen molar-refractivity contribution >= 4 is 11.6 Å². The Kier molecular flexibility index (Phi) is 4.15. The van der Waals surface area contributed by atoms with Crippen LogP contribution in [0.15, 0.2) is 18.2 Å². The minimum absolute atomic E-state index is 0.173. The molecular formula is C17H25N3O. The number of nitrogens with zero attached hydrogens (tertiary/aromatic N) is 1. The Balaban J connectivity index is 1.90.